The van der Waals surface area contributed by atoms with Crippen LogP contribution in [0.2, 0.25) is 0 Å². The standard InChI is InChI=1S/C19H30FN/c1-5-21-18-11-14(2)9-10-17(18)19(3,4)13-15-7-6-8-16(20)12-15/h6-8,12,14,17-18,21H,5,9-11,13H2,1-4H3. The Balaban J connectivity index is 2.12. The molecule has 2 heteroatoms. The first-order valence-corrected chi connectivity index (χ1v) is 8.40. The van der Waals surface area contributed by atoms with Crippen LogP contribution in [0.1, 0.15) is 52.5 Å². The molecule has 0 amide bonds. The average Bonchev–Trinajstić information content (AvgIpc) is 2.38. The summed E-state index contributed by atoms with van der Waals surface area (Å²) in [5.41, 5.74) is 1.31. The SMILES string of the molecule is CCNC1CC(C)CCC1C(C)(C)Cc1cccc(F)c1. The van der Waals surface area contributed by atoms with Gasteiger partial charge in [0.15, 0.2) is 0 Å². The van der Waals surface area contributed by atoms with Gasteiger partial charge in [-0.25, -0.2) is 4.39 Å². The van der Waals surface area contributed by atoms with Gasteiger partial charge in [0, 0.05) is 6.04 Å². The summed E-state index contributed by atoms with van der Waals surface area (Å²) in [4.78, 5) is 0. The molecule has 0 spiro atoms. The molecule has 1 nitrogen and oxygen atoms in total. The van der Waals surface area contributed by atoms with E-state index in [9.17, 15) is 4.39 Å². The Morgan fingerprint density at radius 1 is 1.29 bits per heavy atom. The van der Waals surface area contributed by atoms with Crippen molar-refractivity contribution < 1.29 is 4.39 Å². The van der Waals surface area contributed by atoms with Crippen LogP contribution in [-0.2, 0) is 6.42 Å². The lowest BCUT2D eigenvalue weighted by Crippen LogP contribution is -2.47. The van der Waals surface area contributed by atoms with Crippen LogP contribution in [0, 0.1) is 23.1 Å². The van der Waals surface area contributed by atoms with Crippen molar-refractivity contribution in [3.8, 4) is 0 Å². The molecule has 1 aromatic rings. The van der Waals surface area contributed by atoms with Crippen molar-refractivity contribution in [2.75, 3.05) is 6.54 Å². The zero-order chi connectivity index (χ0) is 15.5. The third-order valence-electron chi connectivity index (χ3n) is 5.13. The molecule has 0 aliphatic heterocycles. The number of hydrogen-bond acceptors (Lipinski definition) is 1. The maximum absolute atomic E-state index is 13.4. The predicted octanol–water partition coefficient (Wildman–Crippen LogP) is 4.81. The maximum atomic E-state index is 13.4. The van der Waals surface area contributed by atoms with Crippen LogP contribution in [0.5, 0.6) is 0 Å². The molecular formula is C19H30FN. The number of rotatable bonds is 5. The highest BCUT2D eigenvalue weighted by Gasteiger charge is 2.38. The summed E-state index contributed by atoms with van der Waals surface area (Å²) in [5, 5.41) is 3.69. The van der Waals surface area contributed by atoms with Gasteiger partial charge in [0.2, 0.25) is 0 Å². The van der Waals surface area contributed by atoms with Gasteiger partial charge in [0.25, 0.3) is 0 Å². The molecule has 1 fully saturated rings. The summed E-state index contributed by atoms with van der Waals surface area (Å²) in [7, 11) is 0. The van der Waals surface area contributed by atoms with Gasteiger partial charge in [-0.1, -0.05) is 46.2 Å². The highest BCUT2D eigenvalue weighted by atomic mass is 19.1. The first kappa shape index (κ1) is 16.5. The zero-order valence-corrected chi connectivity index (χ0v) is 14.0. The Morgan fingerprint density at radius 3 is 2.71 bits per heavy atom. The number of benzene rings is 1. The molecule has 0 heterocycles. The normalized spacial score (nSPS) is 26.8. The van der Waals surface area contributed by atoms with E-state index in [1.165, 1.54) is 25.3 Å². The molecule has 3 unspecified atom stereocenters. The van der Waals surface area contributed by atoms with Gasteiger partial charge in [-0.15, -0.1) is 0 Å². The van der Waals surface area contributed by atoms with Crippen LogP contribution in [0.3, 0.4) is 0 Å². The van der Waals surface area contributed by atoms with Crippen molar-refractivity contribution in [2.45, 2.75) is 59.4 Å². The van der Waals surface area contributed by atoms with Crippen molar-refractivity contribution in [1.82, 2.24) is 5.32 Å². The smallest absolute Gasteiger partial charge is 0.123 e. The van der Waals surface area contributed by atoms with E-state index in [1.54, 1.807) is 6.07 Å². The third kappa shape index (κ3) is 4.29. The lowest BCUT2D eigenvalue weighted by atomic mass is 9.64. The second-order valence-corrected chi connectivity index (χ2v) is 7.48. The zero-order valence-electron chi connectivity index (χ0n) is 14.0. The summed E-state index contributed by atoms with van der Waals surface area (Å²) in [6.45, 7) is 10.3. The predicted molar refractivity (Wildman–Crippen MR) is 87.9 cm³/mol. The van der Waals surface area contributed by atoms with Gasteiger partial charge in [0.05, 0.1) is 0 Å². The minimum atomic E-state index is -0.121. The largest absolute Gasteiger partial charge is 0.314 e. The molecule has 0 aromatic heterocycles. The Labute approximate surface area is 129 Å². The van der Waals surface area contributed by atoms with Gasteiger partial charge >= 0.3 is 0 Å². The highest BCUT2D eigenvalue weighted by Crippen LogP contribution is 2.42. The van der Waals surface area contributed by atoms with E-state index in [-0.39, 0.29) is 11.2 Å². The lowest BCUT2D eigenvalue weighted by molar-refractivity contribution is 0.0949. The molecule has 21 heavy (non-hydrogen) atoms. The maximum Gasteiger partial charge on any atom is 0.123 e. The quantitative estimate of drug-likeness (QED) is 0.821. The molecule has 0 bridgehead atoms. The Kier molecular flexibility index (Phi) is 5.43. The van der Waals surface area contributed by atoms with E-state index in [2.05, 4.69) is 39.1 Å². The molecule has 118 valence electrons. The van der Waals surface area contributed by atoms with E-state index in [4.69, 9.17) is 0 Å². The topological polar surface area (TPSA) is 12.0 Å². The molecule has 1 N–H and O–H groups in total. The van der Waals surface area contributed by atoms with Gasteiger partial charge in [0.1, 0.15) is 5.82 Å². The number of halogens is 1. The molecule has 1 aromatic carbocycles. The number of hydrogen-bond donors (Lipinski definition) is 1. The van der Waals surface area contributed by atoms with Crippen molar-refractivity contribution in [1.29, 1.82) is 0 Å². The van der Waals surface area contributed by atoms with E-state index in [0.29, 0.717) is 12.0 Å². The molecule has 3 atom stereocenters. The van der Waals surface area contributed by atoms with Gasteiger partial charge in [-0.05, 0) is 60.8 Å². The van der Waals surface area contributed by atoms with E-state index >= 15 is 0 Å². The highest BCUT2D eigenvalue weighted by molar-refractivity contribution is 5.18. The molecule has 0 radical (unpaired) electrons. The van der Waals surface area contributed by atoms with Crippen molar-refractivity contribution in [3.05, 3.63) is 35.6 Å². The summed E-state index contributed by atoms with van der Waals surface area (Å²) in [6.07, 6.45) is 4.82. The lowest BCUT2D eigenvalue weighted by Gasteiger charge is -2.45. The minimum Gasteiger partial charge on any atom is -0.314 e. The first-order chi connectivity index (χ1) is 9.92. The van der Waals surface area contributed by atoms with Crippen molar-refractivity contribution >= 4 is 0 Å². The molecule has 1 aliphatic carbocycles. The first-order valence-electron chi connectivity index (χ1n) is 8.40. The molecular weight excluding hydrogens is 261 g/mol. The Morgan fingerprint density at radius 2 is 2.05 bits per heavy atom. The summed E-state index contributed by atoms with van der Waals surface area (Å²) < 4.78 is 13.4. The summed E-state index contributed by atoms with van der Waals surface area (Å²) >= 11 is 0. The van der Waals surface area contributed by atoms with Crippen LogP contribution >= 0.6 is 0 Å². The van der Waals surface area contributed by atoms with Crippen LogP contribution < -0.4 is 5.32 Å². The van der Waals surface area contributed by atoms with E-state index in [0.717, 1.165) is 24.4 Å². The van der Waals surface area contributed by atoms with Gasteiger partial charge in [-0.3, -0.25) is 0 Å². The fraction of sp³-hybridized carbons (Fsp3) is 0.684. The second kappa shape index (κ2) is 6.91. The third-order valence-corrected chi connectivity index (χ3v) is 5.13. The summed E-state index contributed by atoms with van der Waals surface area (Å²) in [6, 6.07) is 7.70. The molecule has 2 rings (SSSR count). The molecule has 1 saturated carbocycles. The van der Waals surface area contributed by atoms with Crippen LogP contribution in [0.4, 0.5) is 4.39 Å². The summed E-state index contributed by atoms with van der Waals surface area (Å²) in [5.74, 6) is 1.36. The fourth-order valence-corrected chi connectivity index (χ4v) is 4.11. The van der Waals surface area contributed by atoms with E-state index < -0.39 is 0 Å². The van der Waals surface area contributed by atoms with Crippen LogP contribution in [0.15, 0.2) is 24.3 Å². The fourth-order valence-electron chi connectivity index (χ4n) is 4.11. The average molecular weight is 291 g/mol. The molecule has 1 aliphatic rings. The Hall–Kier alpha value is -0.890. The second-order valence-electron chi connectivity index (χ2n) is 7.48. The van der Waals surface area contributed by atoms with Gasteiger partial charge in [-0.2, -0.15) is 0 Å². The number of nitrogens with one attached hydrogen (secondary N) is 1. The minimum absolute atomic E-state index is 0.121. The molecule has 0 saturated heterocycles. The van der Waals surface area contributed by atoms with Crippen molar-refractivity contribution in [2.24, 2.45) is 17.3 Å². The van der Waals surface area contributed by atoms with Gasteiger partial charge < -0.3 is 5.32 Å². The van der Waals surface area contributed by atoms with Crippen LogP contribution in [0.25, 0.3) is 0 Å². The van der Waals surface area contributed by atoms with Crippen LogP contribution in [-0.4, -0.2) is 12.6 Å². The van der Waals surface area contributed by atoms with Crippen molar-refractivity contribution in [3.63, 3.8) is 0 Å². The van der Waals surface area contributed by atoms with E-state index in [1.807, 2.05) is 6.07 Å². The monoisotopic (exact) mass is 291 g/mol. The Bertz CT molecular complexity index is 455.